The van der Waals surface area contributed by atoms with Crippen LogP contribution in [0.3, 0.4) is 0 Å². The number of allylic oxidation sites excluding steroid dienone is 5. The van der Waals surface area contributed by atoms with Crippen molar-refractivity contribution in [2.24, 2.45) is 56.7 Å². The summed E-state index contributed by atoms with van der Waals surface area (Å²) in [6.07, 6.45) is 16.1. The highest BCUT2D eigenvalue weighted by molar-refractivity contribution is 8.24. The topological polar surface area (TPSA) is 110 Å². The van der Waals surface area contributed by atoms with Gasteiger partial charge in [-0.25, -0.2) is 4.39 Å². The molecule has 1 unspecified atom stereocenters. The molecule has 7 aliphatic rings. The van der Waals surface area contributed by atoms with Crippen LogP contribution in [0.5, 0.6) is 0 Å². The van der Waals surface area contributed by atoms with Crippen molar-refractivity contribution < 1.29 is 28.2 Å². The summed E-state index contributed by atoms with van der Waals surface area (Å²) in [6.45, 7) is 19.9. The van der Waals surface area contributed by atoms with E-state index in [1.54, 1.807) is 0 Å². The average molecular weight is 743 g/mol. The van der Waals surface area contributed by atoms with Gasteiger partial charge in [-0.1, -0.05) is 58.9 Å². The summed E-state index contributed by atoms with van der Waals surface area (Å²) in [6, 6.07) is 0. The molecule has 1 heterocycles. The van der Waals surface area contributed by atoms with Crippen LogP contribution in [0.15, 0.2) is 35.5 Å². The van der Waals surface area contributed by atoms with Crippen LogP contribution in [0.4, 0.5) is 4.39 Å². The molecule has 0 radical (unpaired) electrons. The van der Waals surface area contributed by atoms with Gasteiger partial charge in [0, 0.05) is 18.6 Å². The van der Waals surface area contributed by atoms with Crippen LogP contribution < -0.4 is 5.32 Å². The quantitative estimate of drug-likeness (QED) is 0.194. The molecule has 52 heavy (non-hydrogen) atoms. The number of aliphatic carboxylic acids is 1. The molecule has 5 fully saturated rings. The summed E-state index contributed by atoms with van der Waals surface area (Å²) in [5.74, 6) is 2.20. The number of carboxylic acids is 1. The highest BCUT2D eigenvalue weighted by atomic mass is 32.3. The molecule has 6 aliphatic carbocycles. The van der Waals surface area contributed by atoms with E-state index in [1.165, 1.54) is 42.4 Å². The smallest absolute Gasteiger partial charge is 0.312 e. The number of carboxylic acid groups (broad SMARTS) is 1. The van der Waals surface area contributed by atoms with Crippen molar-refractivity contribution >= 4 is 22.5 Å². The standard InChI is InChI=1S/C43H67FN2O5S/c1-28(2)30-12-19-43(45-26-35(47)46-22-24-52(50,51)25-23-46)21-20-40(6)32(36(30)43)8-9-34-39(5)15-13-31(38(3,4)33(39)14-16-41(34,40)7)29-10-17-42(27-44,18-11-29)37(48)49/h10,13,30,32-34,36,45,50-51H,1,8-9,11-12,14-27H2,2-7H3,(H,48,49)/t30-,32+,33-,34+,36+,39-,40+,41+,42?,43-/m0/s1. The molecule has 1 amide bonds. The van der Waals surface area contributed by atoms with Crippen molar-refractivity contribution in [1.29, 1.82) is 0 Å². The van der Waals surface area contributed by atoms with Crippen LogP contribution in [-0.2, 0) is 9.59 Å². The first kappa shape index (κ1) is 38.6. The first-order chi connectivity index (χ1) is 24.3. The van der Waals surface area contributed by atoms with Gasteiger partial charge in [0.1, 0.15) is 6.67 Å². The second-order valence-electron chi connectivity index (χ2n) is 20.0. The minimum absolute atomic E-state index is 0.0446. The molecule has 4 saturated carbocycles. The van der Waals surface area contributed by atoms with E-state index in [0.29, 0.717) is 62.1 Å². The molecule has 0 aromatic rings. The van der Waals surface area contributed by atoms with Gasteiger partial charge >= 0.3 is 5.97 Å². The Morgan fingerprint density at radius 1 is 0.923 bits per heavy atom. The highest BCUT2D eigenvalue weighted by Crippen LogP contribution is 2.76. The van der Waals surface area contributed by atoms with Crippen molar-refractivity contribution in [2.75, 3.05) is 37.8 Å². The summed E-state index contributed by atoms with van der Waals surface area (Å²) >= 11 is 0. The van der Waals surface area contributed by atoms with Gasteiger partial charge in [-0.05, 0) is 146 Å². The first-order valence-corrected chi connectivity index (χ1v) is 22.3. The highest BCUT2D eigenvalue weighted by Gasteiger charge is 2.70. The molecule has 0 bridgehead atoms. The molecular formula is C43H67FN2O5S. The van der Waals surface area contributed by atoms with Crippen molar-refractivity contribution in [2.45, 2.75) is 124 Å². The predicted molar refractivity (Wildman–Crippen MR) is 208 cm³/mol. The van der Waals surface area contributed by atoms with Gasteiger partial charge in [0.05, 0.1) is 23.5 Å². The van der Waals surface area contributed by atoms with Crippen LogP contribution >= 0.6 is 10.6 Å². The fourth-order valence-corrected chi connectivity index (χ4v) is 15.7. The molecule has 0 aromatic carbocycles. The van der Waals surface area contributed by atoms with E-state index in [0.717, 1.165) is 32.1 Å². The third kappa shape index (κ3) is 5.66. The van der Waals surface area contributed by atoms with Crippen LogP contribution in [0.1, 0.15) is 119 Å². The lowest BCUT2D eigenvalue weighted by Gasteiger charge is -2.72. The number of hydrogen-bond donors (Lipinski definition) is 4. The largest absolute Gasteiger partial charge is 0.481 e. The molecular weight excluding hydrogens is 676 g/mol. The molecule has 4 N–H and O–H groups in total. The number of halogens is 1. The van der Waals surface area contributed by atoms with Crippen LogP contribution in [0.25, 0.3) is 0 Å². The lowest BCUT2D eigenvalue weighted by Crippen LogP contribution is -2.68. The van der Waals surface area contributed by atoms with Gasteiger partial charge in [-0.15, -0.1) is 0 Å². The lowest BCUT2D eigenvalue weighted by atomic mass is 9.33. The minimum Gasteiger partial charge on any atom is -0.481 e. The Kier molecular flexibility index (Phi) is 9.61. The van der Waals surface area contributed by atoms with E-state index in [2.05, 4.69) is 65.6 Å². The normalized spacial score (nSPS) is 45.6. The Bertz CT molecular complexity index is 1550. The SMILES string of the molecule is C=C(C)[C@@H]1CC[C@]2(NCC(=O)N3CCS(O)(O)CC3)CC[C@]3(C)[C@H](CC[C@@H]4[C@@]5(C)CC=C(C6=CCC(CF)(C(=O)O)CC6)C(C)(C)[C@@H]5CC[C@]43C)[C@@H]12. The zero-order chi connectivity index (χ0) is 37.7. The molecule has 0 spiro atoms. The number of amides is 1. The number of nitrogens with one attached hydrogen (secondary N) is 1. The minimum atomic E-state index is -2.55. The van der Waals surface area contributed by atoms with E-state index in [-0.39, 0.29) is 51.0 Å². The monoisotopic (exact) mass is 742 g/mol. The third-order valence-electron chi connectivity index (χ3n) is 17.6. The molecule has 9 heteroatoms. The maximum atomic E-state index is 14.0. The number of nitrogens with zero attached hydrogens (tertiary/aromatic N) is 1. The summed E-state index contributed by atoms with van der Waals surface area (Å²) in [7, 11) is -2.55. The summed E-state index contributed by atoms with van der Waals surface area (Å²) < 4.78 is 34.2. The Morgan fingerprint density at radius 3 is 2.25 bits per heavy atom. The van der Waals surface area contributed by atoms with Gasteiger partial charge in [-0.2, -0.15) is 10.6 Å². The van der Waals surface area contributed by atoms with Crippen LogP contribution in [0, 0.1) is 56.7 Å². The van der Waals surface area contributed by atoms with Crippen LogP contribution in [-0.4, -0.2) is 74.3 Å². The van der Waals surface area contributed by atoms with E-state index in [1.807, 2.05) is 4.90 Å². The van der Waals surface area contributed by atoms with Gasteiger partial charge in [0.15, 0.2) is 0 Å². The van der Waals surface area contributed by atoms with E-state index in [4.69, 9.17) is 0 Å². The number of rotatable bonds is 7. The zero-order valence-corrected chi connectivity index (χ0v) is 33.7. The number of alkyl halides is 1. The van der Waals surface area contributed by atoms with Crippen molar-refractivity contribution in [3.63, 3.8) is 0 Å². The molecule has 0 aromatic heterocycles. The summed E-state index contributed by atoms with van der Waals surface area (Å²) in [5.41, 5.74) is 3.04. The Hall–Kier alpha value is -1.68. The van der Waals surface area contributed by atoms with Crippen molar-refractivity contribution in [1.82, 2.24) is 10.2 Å². The third-order valence-corrected chi connectivity index (χ3v) is 19.3. The maximum Gasteiger partial charge on any atom is 0.312 e. The maximum absolute atomic E-state index is 14.0. The number of carbonyl (C=O) groups is 2. The predicted octanol–water partition coefficient (Wildman–Crippen LogP) is 9.27. The van der Waals surface area contributed by atoms with Gasteiger partial charge in [0.2, 0.25) is 5.91 Å². The number of fused-ring (bicyclic) bond motifs is 7. The number of carbonyl (C=O) groups excluding carboxylic acids is 1. The first-order valence-electron chi connectivity index (χ1n) is 20.4. The molecule has 7 nitrogen and oxygen atoms in total. The number of hydrogen-bond acceptors (Lipinski definition) is 5. The second-order valence-corrected chi connectivity index (χ2v) is 22.4. The summed E-state index contributed by atoms with van der Waals surface area (Å²) in [5, 5.41) is 13.7. The Balaban J connectivity index is 1.14. The zero-order valence-electron chi connectivity index (χ0n) is 32.9. The van der Waals surface area contributed by atoms with Gasteiger partial charge < -0.3 is 15.3 Å². The Labute approximate surface area is 314 Å². The average Bonchev–Trinajstić information content (AvgIpc) is 3.48. The van der Waals surface area contributed by atoms with E-state index in [9.17, 15) is 28.2 Å². The van der Waals surface area contributed by atoms with E-state index >= 15 is 0 Å². The van der Waals surface area contributed by atoms with Crippen LogP contribution in [0.2, 0.25) is 0 Å². The molecule has 1 aliphatic heterocycles. The fourth-order valence-electron chi connectivity index (χ4n) is 14.5. The molecule has 292 valence electrons. The molecule has 7 rings (SSSR count). The molecule has 1 saturated heterocycles. The van der Waals surface area contributed by atoms with Crippen molar-refractivity contribution in [3.8, 4) is 0 Å². The fraction of sp³-hybridized carbons (Fsp3) is 0.814. The van der Waals surface area contributed by atoms with Gasteiger partial charge in [-0.3, -0.25) is 18.7 Å². The van der Waals surface area contributed by atoms with Gasteiger partial charge in [0.25, 0.3) is 0 Å². The second kappa shape index (κ2) is 12.9. The summed E-state index contributed by atoms with van der Waals surface area (Å²) in [4.78, 5) is 27.3. The molecule has 10 atom stereocenters. The van der Waals surface area contributed by atoms with Crippen molar-refractivity contribution in [3.05, 3.63) is 35.5 Å². The Morgan fingerprint density at radius 2 is 1.63 bits per heavy atom. The lowest BCUT2D eigenvalue weighted by molar-refractivity contribution is -0.221. The van der Waals surface area contributed by atoms with E-state index < -0.39 is 28.6 Å².